The molecule has 0 aliphatic heterocycles. The zero-order chi connectivity index (χ0) is 26.7. The minimum Gasteiger partial charge on any atom is -0.493 e. The number of benzene rings is 4. The average Bonchev–Trinajstić information content (AvgIpc) is 2.97. The third-order valence-electron chi connectivity index (χ3n) is 6.30. The van der Waals surface area contributed by atoms with Gasteiger partial charge in [0, 0.05) is 13.1 Å². The van der Waals surface area contributed by atoms with Crippen molar-refractivity contribution in [2.75, 3.05) is 14.2 Å². The van der Waals surface area contributed by atoms with E-state index in [-0.39, 0.29) is 24.8 Å². The smallest absolute Gasteiger partial charge is 0.247 e. The summed E-state index contributed by atoms with van der Waals surface area (Å²) in [5.74, 6) is 0.723. The molecule has 0 bridgehead atoms. The summed E-state index contributed by atoms with van der Waals surface area (Å²) >= 11 is 0. The van der Waals surface area contributed by atoms with Gasteiger partial charge >= 0.3 is 0 Å². The van der Waals surface area contributed by atoms with Gasteiger partial charge in [-0.2, -0.15) is 0 Å². The number of rotatable bonds is 11. The van der Waals surface area contributed by atoms with Crippen LogP contribution in [-0.4, -0.2) is 30.9 Å². The number of carbonyl (C=O) groups is 2. The molecule has 0 saturated heterocycles. The van der Waals surface area contributed by atoms with Crippen LogP contribution >= 0.6 is 0 Å². The van der Waals surface area contributed by atoms with E-state index in [1.165, 1.54) is 0 Å². The van der Waals surface area contributed by atoms with E-state index in [2.05, 4.69) is 5.32 Å². The highest BCUT2D eigenvalue weighted by Crippen LogP contribution is 2.29. The minimum absolute atomic E-state index is 0.0997. The summed E-state index contributed by atoms with van der Waals surface area (Å²) in [6.07, 6.45) is 0.0997. The maximum atomic E-state index is 13.9. The molecule has 0 saturated carbocycles. The normalized spacial score (nSPS) is 11.3. The SMILES string of the molecule is COc1ccc(CC(=O)N(Cc2ccccc2)[C@@H](C(=O)NCc2ccccc2)c2ccccc2)cc1OC. The number of amides is 2. The molecule has 0 aliphatic rings. The van der Waals surface area contributed by atoms with Crippen molar-refractivity contribution < 1.29 is 19.1 Å². The molecule has 6 heteroatoms. The van der Waals surface area contributed by atoms with Gasteiger partial charge in [-0.05, 0) is 34.4 Å². The fourth-order valence-electron chi connectivity index (χ4n) is 4.36. The monoisotopic (exact) mass is 508 g/mol. The lowest BCUT2D eigenvalue weighted by Crippen LogP contribution is -2.43. The number of nitrogens with one attached hydrogen (secondary N) is 1. The summed E-state index contributed by atoms with van der Waals surface area (Å²) in [4.78, 5) is 29.3. The van der Waals surface area contributed by atoms with Gasteiger partial charge in [-0.15, -0.1) is 0 Å². The predicted octanol–water partition coefficient (Wildman–Crippen LogP) is 5.33. The Morgan fingerprint density at radius 1 is 0.711 bits per heavy atom. The summed E-state index contributed by atoms with van der Waals surface area (Å²) in [5, 5.41) is 3.05. The number of carbonyl (C=O) groups excluding carboxylic acids is 2. The molecule has 6 nitrogen and oxygen atoms in total. The molecule has 1 N–H and O–H groups in total. The first-order valence-corrected chi connectivity index (χ1v) is 12.5. The number of ether oxygens (including phenoxy) is 2. The van der Waals surface area contributed by atoms with Crippen LogP contribution in [0.25, 0.3) is 0 Å². The second-order valence-corrected chi connectivity index (χ2v) is 8.89. The molecule has 0 unspecified atom stereocenters. The van der Waals surface area contributed by atoms with Crippen LogP contribution in [0, 0.1) is 0 Å². The van der Waals surface area contributed by atoms with Crippen molar-refractivity contribution in [3.63, 3.8) is 0 Å². The number of methoxy groups -OCH3 is 2. The predicted molar refractivity (Wildman–Crippen MR) is 148 cm³/mol. The summed E-state index contributed by atoms with van der Waals surface area (Å²) in [6.45, 7) is 0.650. The third kappa shape index (κ3) is 6.79. The highest BCUT2D eigenvalue weighted by atomic mass is 16.5. The summed E-state index contributed by atoms with van der Waals surface area (Å²) in [7, 11) is 3.14. The van der Waals surface area contributed by atoms with Crippen LogP contribution in [0.5, 0.6) is 11.5 Å². The first-order chi connectivity index (χ1) is 18.6. The van der Waals surface area contributed by atoms with E-state index in [1.54, 1.807) is 31.3 Å². The largest absolute Gasteiger partial charge is 0.493 e. The third-order valence-corrected chi connectivity index (χ3v) is 6.30. The van der Waals surface area contributed by atoms with Gasteiger partial charge in [0.25, 0.3) is 0 Å². The number of hydrogen-bond acceptors (Lipinski definition) is 4. The van der Waals surface area contributed by atoms with Crippen molar-refractivity contribution in [2.24, 2.45) is 0 Å². The molecule has 0 spiro atoms. The molecule has 4 aromatic rings. The highest BCUT2D eigenvalue weighted by molar-refractivity contribution is 5.89. The van der Waals surface area contributed by atoms with E-state index in [9.17, 15) is 9.59 Å². The van der Waals surface area contributed by atoms with Crippen molar-refractivity contribution in [1.29, 1.82) is 0 Å². The Kier molecular flexibility index (Phi) is 9.13. The van der Waals surface area contributed by atoms with Gasteiger partial charge in [-0.1, -0.05) is 97.1 Å². The average molecular weight is 509 g/mol. The Bertz CT molecular complexity index is 1330. The summed E-state index contributed by atoms with van der Waals surface area (Å²) < 4.78 is 10.8. The zero-order valence-corrected chi connectivity index (χ0v) is 21.7. The topological polar surface area (TPSA) is 67.9 Å². The van der Waals surface area contributed by atoms with Crippen molar-refractivity contribution >= 4 is 11.8 Å². The molecule has 0 fully saturated rings. The molecule has 2 amide bonds. The van der Waals surface area contributed by atoms with Crippen molar-refractivity contribution in [3.8, 4) is 11.5 Å². The second-order valence-electron chi connectivity index (χ2n) is 8.89. The Morgan fingerprint density at radius 3 is 1.89 bits per heavy atom. The van der Waals surface area contributed by atoms with E-state index in [0.29, 0.717) is 18.0 Å². The number of hydrogen-bond donors (Lipinski definition) is 1. The van der Waals surface area contributed by atoms with E-state index in [1.807, 2.05) is 97.1 Å². The fraction of sp³-hybridized carbons (Fsp3) is 0.188. The molecule has 1 atom stereocenters. The molecule has 0 heterocycles. The first kappa shape index (κ1) is 26.5. The van der Waals surface area contributed by atoms with Crippen LogP contribution in [0.3, 0.4) is 0 Å². The molecule has 38 heavy (non-hydrogen) atoms. The second kappa shape index (κ2) is 13.1. The van der Waals surface area contributed by atoms with Crippen LogP contribution in [0.1, 0.15) is 28.3 Å². The zero-order valence-electron chi connectivity index (χ0n) is 21.7. The van der Waals surface area contributed by atoms with E-state index in [4.69, 9.17) is 9.47 Å². The minimum atomic E-state index is -0.812. The van der Waals surface area contributed by atoms with Gasteiger partial charge in [0.05, 0.1) is 20.6 Å². The van der Waals surface area contributed by atoms with Crippen molar-refractivity contribution in [2.45, 2.75) is 25.6 Å². The lowest BCUT2D eigenvalue weighted by molar-refractivity contribution is -0.141. The van der Waals surface area contributed by atoms with Gasteiger partial charge in [0.1, 0.15) is 6.04 Å². The lowest BCUT2D eigenvalue weighted by Gasteiger charge is -2.32. The molecule has 0 radical (unpaired) electrons. The van der Waals surface area contributed by atoms with Gasteiger partial charge in [0.2, 0.25) is 11.8 Å². The van der Waals surface area contributed by atoms with Crippen LogP contribution in [-0.2, 0) is 29.1 Å². The number of nitrogens with zero attached hydrogens (tertiary/aromatic N) is 1. The molecule has 0 aromatic heterocycles. The summed E-state index contributed by atoms with van der Waals surface area (Å²) in [6, 6.07) is 33.5. The van der Waals surface area contributed by atoms with Gasteiger partial charge in [0.15, 0.2) is 11.5 Å². The van der Waals surface area contributed by atoms with Crippen LogP contribution < -0.4 is 14.8 Å². The Labute approximate surface area is 223 Å². The quantitative estimate of drug-likeness (QED) is 0.297. The van der Waals surface area contributed by atoms with Crippen molar-refractivity contribution in [1.82, 2.24) is 10.2 Å². The van der Waals surface area contributed by atoms with Gasteiger partial charge in [-0.3, -0.25) is 9.59 Å². The van der Waals surface area contributed by atoms with Crippen LogP contribution in [0.15, 0.2) is 109 Å². The van der Waals surface area contributed by atoms with Crippen LogP contribution in [0.4, 0.5) is 0 Å². The van der Waals surface area contributed by atoms with E-state index >= 15 is 0 Å². The Hall–Kier alpha value is -4.58. The lowest BCUT2D eigenvalue weighted by atomic mass is 10.0. The molecule has 4 aromatic carbocycles. The van der Waals surface area contributed by atoms with E-state index in [0.717, 1.165) is 22.3 Å². The summed E-state index contributed by atoms with van der Waals surface area (Å²) in [5.41, 5.74) is 3.43. The van der Waals surface area contributed by atoms with Gasteiger partial charge < -0.3 is 19.7 Å². The molecular weight excluding hydrogens is 476 g/mol. The van der Waals surface area contributed by atoms with Gasteiger partial charge in [-0.25, -0.2) is 0 Å². The molecular formula is C32H32N2O4. The Balaban J connectivity index is 1.67. The highest BCUT2D eigenvalue weighted by Gasteiger charge is 2.31. The maximum Gasteiger partial charge on any atom is 0.247 e. The fourth-order valence-corrected chi connectivity index (χ4v) is 4.36. The van der Waals surface area contributed by atoms with Crippen molar-refractivity contribution in [3.05, 3.63) is 131 Å². The van der Waals surface area contributed by atoms with Crippen LogP contribution in [0.2, 0.25) is 0 Å². The Morgan fingerprint density at radius 2 is 1.29 bits per heavy atom. The molecule has 4 rings (SSSR count). The first-order valence-electron chi connectivity index (χ1n) is 12.5. The maximum absolute atomic E-state index is 13.9. The standard InChI is InChI=1S/C32H32N2O4/c1-37-28-19-18-26(20-29(28)38-2)21-30(35)34(23-25-14-8-4-9-15-25)31(27-16-10-5-11-17-27)32(36)33-22-24-12-6-3-7-13-24/h3-20,31H,21-23H2,1-2H3,(H,33,36)/t31-/m1/s1. The molecule has 0 aliphatic carbocycles. The molecule has 194 valence electrons. The van der Waals surface area contributed by atoms with E-state index < -0.39 is 6.04 Å².